The maximum Gasteiger partial charge on any atom is 0.412 e. The molecule has 1 N–H and O–H groups in total. The molecule has 0 aliphatic carbocycles. The number of nitrogens with one attached hydrogen (secondary N) is 1. The highest BCUT2D eigenvalue weighted by atomic mass is 35.5. The molecule has 0 spiro atoms. The molecule has 2 aromatic rings. The quantitative estimate of drug-likeness (QED) is 0.187. The second-order valence-electron chi connectivity index (χ2n) is 11.9. The molecule has 1 saturated heterocycles. The summed E-state index contributed by atoms with van der Waals surface area (Å²) in [6.07, 6.45) is 2.42. The van der Waals surface area contributed by atoms with Gasteiger partial charge in [-0.3, -0.25) is 14.7 Å². The molecule has 0 radical (unpaired) electrons. The second-order valence-corrected chi connectivity index (χ2v) is 12.3. The van der Waals surface area contributed by atoms with Crippen LogP contribution in [0.5, 0.6) is 0 Å². The molecular weight excluding hydrogens is 551 g/mol. The highest BCUT2D eigenvalue weighted by Gasteiger charge is 2.45. The third-order valence-electron chi connectivity index (χ3n) is 6.91. The normalized spacial score (nSPS) is 18.0. The van der Waals surface area contributed by atoms with E-state index in [4.69, 9.17) is 21.1 Å². The number of halogens is 2. The van der Waals surface area contributed by atoms with Crippen LogP contribution in [-0.4, -0.2) is 51.9 Å². The number of azide groups is 1. The van der Waals surface area contributed by atoms with E-state index in [0.29, 0.717) is 11.4 Å². The first-order valence-corrected chi connectivity index (χ1v) is 13.9. The summed E-state index contributed by atoms with van der Waals surface area (Å²) in [4.78, 5) is 34.9. The van der Waals surface area contributed by atoms with Gasteiger partial charge < -0.3 is 14.8 Å². The van der Waals surface area contributed by atoms with E-state index in [9.17, 15) is 15.1 Å². The number of benzene rings is 1. The summed E-state index contributed by atoms with van der Waals surface area (Å²) in [6.45, 7) is 13.0. The number of ether oxygens (including phenoxy) is 2. The fourth-order valence-electron chi connectivity index (χ4n) is 5.08. The van der Waals surface area contributed by atoms with Crippen molar-refractivity contribution in [2.45, 2.75) is 90.6 Å². The Balaban J connectivity index is 1.85. The molecule has 1 fully saturated rings. The van der Waals surface area contributed by atoms with Gasteiger partial charge in [0.05, 0.1) is 30.7 Å². The lowest BCUT2D eigenvalue weighted by molar-refractivity contribution is -0.118. The first-order chi connectivity index (χ1) is 19.1. The second kappa shape index (κ2) is 13.1. The Morgan fingerprint density at radius 1 is 1.29 bits per heavy atom. The van der Waals surface area contributed by atoms with E-state index in [2.05, 4.69) is 20.3 Å². The summed E-state index contributed by atoms with van der Waals surface area (Å²) in [5, 5.41) is 7.10. The number of aromatic nitrogens is 1. The molecule has 0 bridgehead atoms. The molecule has 3 rings (SSSR count). The number of anilines is 1. The van der Waals surface area contributed by atoms with Gasteiger partial charge >= 0.3 is 6.09 Å². The van der Waals surface area contributed by atoms with Crippen LogP contribution in [0.1, 0.15) is 71.9 Å². The molecule has 1 aromatic carbocycles. The molecule has 1 unspecified atom stereocenters. The molecule has 12 heteroatoms. The minimum absolute atomic E-state index is 0.0768. The SMILES string of the molecule is CC(C)[C@H](c1ccc(Cl)cc1)[C@H](N=[N+]=[N-])C(=O)Nc1cncc(F)c1CCC1COC(C)(C)N1C(=O)OC(C)(C)C. The maximum atomic E-state index is 15.1. The van der Waals surface area contributed by atoms with Gasteiger partial charge in [0, 0.05) is 21.4 Å². The standard InChI is InChI=1S/C29H38ClFN6O4/c1-17(2)24(18-8-10-19(30)11-9-18)25(35-36-32)26(38)34-23-15-33-14-22(31)21(23)13-12-20-16-40-29(6,7)37(20)27(39)41-28(3,4)5/h8-11,14-15,17,20,24-25H,12-13,16H2,1-7H3,(H,34,38)/t20?,24-,25+/m1/s1. The van der Waals surface area contributed by atoms with Crippen molar-refractivity contribution in [2.75, 3.05) is 11.9 Å². The maximum absolute atomic E-state index is 15.1. The number of nitrogens with zero attached hydrogens (tertiary/aromatic N) is 5. The highest BCUT2D eigenvalue weighted by Crippen LogP contribution is 2.34. The summed E-state index contributed by atoms with van der Waals surface area (Å²) < 4.78 is 26.6. The van der Waals surface area contributed by atoms with Gasteiger partial charge in [-0.2, -0.15) is 0 Å². The van der Waals surface area contributed by atoms with Crippen LogP contribution >= 0.6 is 11.6 Å². The van der Waals surface area contributed by atoms with Gasteiger partial charge in [0.25, 0.3) is 0 Å². The molecule has 1 aromatic heterocycles. The third kappa shape index (κ3) is 8.09. The molecular formula is C29H38ClFN6O4. The van der Waals surface area contributed by atoms with Crippen LogP contribution < -0.4 is 5.32 Å². The first kappa shape index (κ1) is 32.1. The van der Waals surface area contributed by atoms with Crippen molar-refractivity contribution in [3.63, 3.8) is 0 Å². The molecule has 222 valence electrons. The highest BCUT2D eigenvalue weighted by molar-refractivity contribution is 6.30. The number of pyridine rings is 1. The van der Waals surface area contributed by atoms with E-state index in [0.717, 1.165) is 11.8 Å². The van der Waals surface area contributed by atoms with Crippen molar-refractivity contribution in [3.8, 4) is 0 Å². The van der Waals surface area contributed by atoms with Crippen molar-refractivity contribution in [3.05, 3.63) is 69.1 Å². The topological polar surface area (TPSA) is 130 Å². The summed E-state index contributed by atoms with van der Waals surface area (Å²) >= 11 is 6.05. The van der Waals surface area contributed by atoms with Crippen LogP contribution in [0.25, 0.3) is 10.4 Å². The van der Waals surface area contributed by atoms with Gasteiger partial charge in [0.15, 0.2) is 0 Å². The zero-order chi connectivity index (χ0) is 30.5. The summed E-state index contributed by atoms with van der Waals surface area (Å²) in [5.74, 6) is -1.74. The minimum Gasteiger partial charge on any atom is -0.444 e. The van der Waals surface area contributed by atoms with Crippen molar-refractivity contribution < 1.29 is 23.5 Å². The van der Waals surface area contributed by atoms with Gasteiger partial charge in [0.2, 0.25) is 5.91 Å². The van der Waals surface area contributed by atoms with E-state index in [1.807, 2.05) is 13.8 Å². The average molecular weight is 589 g/mol. The fraction of sp³-hybridized carbons (Fsp3) is 0.552. The predicted octanol–water partition coefficient (Wildman–Crippen LogP) is 7.24. The molecule has 0 saturated carbocycles. The van der Waals surface area contributed by atoms with Gasteiger partial charge in [-0.05, 0) is 76.6 Å². The number of amides is 2. The van der Waals surface area contributed by atoms with Crippen molar-refractivity contribution in [1.82, 2.24) is 9.88 Å². The lowest BCUT2D eigenvalue weighted by atomic mass is 9.82. The number of carbonyl (C=O) groups is 2. The first-order valence-electron chi connectivity index (χ1n) is 13.5. The van der Waals surface area contributed by atoms with Crippen LogP contribution in [0.4, 0.5) is 14.9 Å². The Kier molecular flexibility index (Phi) is 10.2. The van der Waals surface area contributed by atoms with E-state index in [1.165, 1.54) is 11.1 Å². The predicted molar refractivity (Wildman–Crippen MR) is 155 cm³/mol. The van der Waals surface area contributed by atoms with E-state index in [1.54, 1.807) is 58.9 Å². The Morgan fingerprint density at radius 2 is 1.95 bits per heavy atom. The summed E-state index contributed by atoms with van der Waals surface area (Å²) in [7, 11) is 0. The van der Waals surface area contributed by atoms with E-state index >= 15 is 4.39 Å². The molecule has 1 aliphatic heterocycles. The zero-order valence-electron chi connectivity index (χ0n) is 24.5. The van der Waals surface area contributed by atoms with Crippen molar-refractivity contribution in [1.29, 1.82) is 0 Å². The smallest absolute Gasteiger partial charge is 0.412 e. The molecule has 2 heterocycles. The van der Waals surface area contributed by atoms with Crippen LogP contribution in [0.3, 0.4) is 0 Å². The fourth-order valence-corrected chi connectivity index (χ4v) is 5.20. The third-order valence-corrected chi connectivity index (χ3v) is 7.16. The Bertz CT molecular complexity index is 1290. The van der Waals surface area contributed by atoms with Crippen LogP contribution in [0.15, 0.2) is 41.8 Å². The van der Waals surface area contributed by atoms with Crippen LogP contribution in [0.2, 0.25) is 5.02 Å². The average Bonchev–Trinajstić information content (AvgIpc) is 3.17. The lowest BCUT2D eigenvalue weighted by Crippen LogP contribution is -2.50. The van der Waals surface area contributed by atoms with E-state index in [-0.39, 0.29) is 36.2 Å². The van der Waals surface area contributed by atoms with E-state index < -0.39 is 41.1 Å². The van der Waals surface area contributed by atoms with Gasteiger partial charge in [-0.15, -0.1) is 0 Å². The van der Waals surface area contributed by atoms with Crippen molar-refractivity contribution >= 4 is 29.3 Å². The number of hydrogen-bond acceptors (Lipinski definition) is 6. The molecule has 1 aliphatic rings. The monoisotopic (exact) mass is 588 g/mol. The van der Waals surface area contributed by atoms with Crippen LogP contribution in [-0.2, 0) is 20.7 Å². The van der Waals surface area contributed by atoms with Gasteiger partial charge in [-0.25, -0.2) is 9.18 Å². The number of carbonyl (C=O) groups excluding carboxylic acids is 2. The Morgan fingerprint density at radius 3 is 2.54 bits per heavy atom. The van der Waals surface area contributed by atoms with Crippen molar-refractivity contribution in [2.24, 2.45) is 11.0 Å². The molecule has 41 heavy (non-hydrogen) atoms. The molecule has 10 nitrogen and oxygen atoms in total. The van der Waals surface area contributed by atoms with Gasteiger partial charge in [0.1, 0.15) is 23.2 Å². The van der Waals surface area contributed by atoms with Crippen LogP contribution in [0, 0.1) is 11.7 Å². The Labute approximate surface area is 245 Å². The number of rotatable bonds is 9. The summed E-state index contributed by atoms with van der Waals surface area (Å²) in [6, 6.07) is 5.49. The minimum atomic E-state index is -1.12. The summed E-state index contributed by atoms with van der Waals surface area (Å²) in [5.41, 5.74) is 8.84. The Hall–Kier alpha value is -3.40. The molecule has 2 amide bonds. The molecule has 3 atom stereocenters. The zero-order valence-corrected chi connectivity index (χ0v) is 25.3. The number of hydrogen-bond donors (Lipinski definition) is 1. The lowest BCUT2D eigenvalue weighted by Gasteiger charge is -2.35. The van der Waals surface area contributed by atoms with Gasteiger partial charge in [-0.1, -0.05) is 42.7 Å². The largest absolute Gasteiger partial charge is 0.444 e.